The first kappa shape index (κ1) is 23.9. The van der Waals surface area contributed by atoms with Gasteiger partial charge in [-0.3, -0.25) is 0 Å². The van der Waals surface area contributed by atoms with Crippen LogP contribution in [0.1, 0.15) is 31.9 Å². The molecule has 7 nitrogen and oxygen atoms in total. The van der Waals surface area contributed by atoms with Gasteiger partial charge in [0.05, 0.1) is 13.1 Å². The summed E-state index contributed by atoms with van der Waals surface area (Å²) < 4.78 is 6.01. The van der Waals surface area contributed by atoms with Gasteiger partial charge in [0, 0.05) is 38.9 Å². The third kappa shape index (κ3) is 7.41. The maximum absolute atomic E-state index is 6.01. The van der Waals surface area contributed by atoms with E-state index in [0.717, 1.165) is 62.4 Å². The Kier molecular flexibility index (Phi) is 9.16. The molecule has 1 saturated heterocycles. The summed E-state index contributed by atoms with van der Waals surface area (Å²) in [5.41, 5.74) is 2.29. The van der Waals surface area contributed by atoms with Crippen LogP contribution in [0.5, 0.6) is 5.75 Å². The zero-order valence-corrected chi connectivity index (χ0v) is 20.0. The first-order valence-corrected chi connectivity index (χ1v) is 11.7. The summed E-state index contributed by atoms with van der Waals surface area (Å²) in [6, 6.07) is 12.4. The second-order valence-electron chi connectivity index (χ2n) is 8.27. The Labute approximate surface area is 192 Å². The number of hydrogen-bond acceptors (Lipinski definition) is 5. The average Bonchev–Trinajstić information content (AvgIpc) is 2.81. The number of nitrogens with one attached hydrogen (secondary N) is 2. The summed E-state index contributed by atoms with van der Waals surface area (Å²) in [6.07, 6.45) is 1.97. The maximum Gasteiger partial charge on any atom is 0.191 e. The number of likely N-dealkylation sites (N-methyl/N-ethyl adjacent to an activating group) is 1. The smallest absolute Gasteiger partial charge is 0.191 e. The highest BCUT2D eigenvalue weighted by Gasteiger charge is 2.16. The van der Waals surface area contributed by atoms with Crippen LogP contribution >= 0.6 is 0 Å². The normalized spacial score (nSPS) is 16.0. The lowest BCUT2D eigenvalue weighted by Crippen LogP contribution is -2.46. The second-order valence-corrected chi connectivity index (χ2v) is 8.27. The molecule has 2 aromatic rings. The number of benzene rings is 1. The van der Waals surface area contributed by atoms with Gasteiger partial charge in [0.2, 0.25) is 0 Å². The molecule has 0 bridgehead atoms. The van der Waals surface area contributed by atoms with Gasteiger partial charge < -0.3 is 25.2 Å². The number of hydrogen-bond donors (Lipinski definition) is 2. The lowest BCUT2D eigenvalue weighted by Gasteiger charge is -2.34. The molecule has 2 N–H and O–H groups in total. The summed E-state index contributed by atoms with van der Waals surface area (Å²) in [4.78, 5) is 14.2. The maximum atomic E-state index is 6.01. The molecular weight excluding hydrogens is 400 g/mol. The van der Waals surface area contributed by atoms with E-state index >= 15 is 0 Å². The molecule has 1 aliphatic heterocycles. The predicted molar refractivity (Wildman–Crippen MR) is 133 cm³/mol. The Bertz CT molecular complexity index is 846. The largest absolute Gasteiger partial charge is 0.489 e. The van der Waals surface area contributed by atoms with Gasteiger partial charge in [0.1, 0.15) is 17.7 Å². The van der Waals surface area contributed by atoms with E-state index in [0.29, 0.717) is 13.1 Å². The fraction of sp³-hybridized carbons (Fsp3) is 0.520. The highest BCUT2D eigenvalue weighted by molar-refractivity contribution is 5.79. The number of ether oxygens (including phenoxy) is 1. The number of rotatable bonds is 9. The molecule has 32 heavy (non-hydrogen) atoms. The van der Waals surface area contributed by atoms with Crippen LogP contribution in [0.4, 0.5) is 5.82 Å². The minimum absolute atomic E-state index is 0.0229. The number of anilines is 1. The summed E-state index contributed by atoms with van der Waals surface area (Å²) >= 11 is 0. The number of aryl methyl sites for hydroxylation is 1. The van der Waals surface area contributed by atoms with Crippen molar-refractivity contribution >= 4 is 11.8 Å². The summed E-state index contributed by atoms with van der Waals surface area (Å²) in [7, 11) is 0. The van der Waals surface area contributed by atoms with Crippen molar-refractivity contribution in [1.82, 2.24) is 20.5 Å². The Balaban J connectivity index is 1.49. The van der Waals surface area contributed by atoms with Gasteiger partial charge in [0.25, 0.3) is 0 Å². The van der Waals surface area contributed by atoms with E-state index in [2.05, 4.69) is 77.4 Å². The van der Waals surface area contributed by atoms with Crippen molar-refractivity contribution in [3.05, 3.63) is 53.7 Å². The molecule has 0 spiro atoms. The fourth-order valence-corrected chi connectivity index (χ4v) is 3.71. The number of guanidine groups is 1. The van der Waals surface area contributed by atoms with Crippen molar-refractivity contribution in [3.63, 3.8) is 0 Å². The molecule has 174 valence electrons. The van der Waals surface area contributed by atoms with E-state index < -0.39 is 0 Å². The first-order chi connectivity index (χ1) is 15.6. The highest BCUT2D eigenvalue weighted by atomic mass is 16.5. The topological polar surface area (TPSA) is 65.0 Å². The van der Waals surface area contributed by atoms with Crippen LogP contribution in [-0.2, 0) is 6.54 Å². The van der Waals surface area contributed by atoms with E-state index in [1.165, 1.54) is 5.56 Å². The summed E-state index contributed by atoms with van der Waals surface area (Å²) in [6.45, 7) is 15.9. The molecule has 1 atom stereocenters. The van der Waals surface area contributed by atoms with Gasteiger partial charge in [-0.05, 0) is 56.6 Å². The van der Waals surface area contributed by atoms with Crippen LogP contribution < -0.4 is 20.3 Å². The molecule has 0 saturated carbocycles. The number of nitrogens with zero attached hydrogens (tertiary/aromatic N) is 4. The second kappa shape index (κ2) is 12.3. The van der Waals surface area contributed by atoms with Crippen molar-refractivity contribution in [1.29, 1.82) is 0 Å². The molecule has 0 amide bonds. The standard InChI is InChI=1S/C25H38N6O/c1-5-26-25(28-17-21(4)32-23-9-7-8-20(3)16-23)29-19-22-10-11-24(27-18-22)31-14-12-30(6-2)13-15-31/h7-11,16,18,21H,5-6,12-15,17,19H2,1-4H3,(H2,26,28,29). The number of pyridine rings is 1. The van der Waals surface area contributed by atoms with E-state index in [-0.39, 0.29) is 6.10 Å². The molecule has 1 aliphatic rings. The third-order valence-corrected chi connectivity index (χ3v) is 5.60. The van der Waals surface area contributed by atoms with Crippen LogP contribution in [0.15, 0.2) is 47.6 Å². The van der Waals surface area contributed by atoms with Crippen molar-refractivity contribution in [2.45, 2.75) is 40.3 Å². The molecule has 1 unspecified atom stereocenters. The molecular formula is C25H38N6O. The number of aromatic nitrogens is 1. The molecule has 7 heteroatoms. The quantitative estimate of drug-likeness (QED) is 0.463. The predicted octanol–water partition coefficient (Wildman–Crippen LogP) is 3.05. The van der Waals surface area contributed by atoms with Gasteiger partial charge in [-0.15, -0.1) is 0 Å². The first-order valence-electron chi connectivity index (χ1n) is 11.7. The Morgan fingerprint density at radius 1 is 1.12 bits per heavy atom. The van der Waals surface area contributed by atoms with Crippen molar-refractivity contribution in [2.75, 3.05) is 50.7 Å². The van der Waals surface area contributed by atoms with Crippen LogP contribution in [0.2, 0.25) is 0 Å². The molecule has 1 fully saturated rings. The Morgan fingerprint density at radius 2 is 1.94 bits per heavy atom. The van der Waals surface area contributed by atoms with Crippen LogP contribution in [0, 0.1) is 6.92 Å². The zero-order chi connectivity index (χ0) is 22.8. The van der Waals surface area contributed by atoms with E-state index in [9.17, 15) is 0 Å². The number of piperazine rings is 1. The minimum Gasteiger partial charge on any atom is -0.489 e. The van der Waals surface area contributed by atoms with E-state index in [1.807, 2.05) is 18.3 Å². The third-order valence-electron chi connectivity index (χ3n) is 5.60. The van der Waals surface area contributed by atoms with Crippen molar-refractivity contribution in [3.8, 4) is 5.75 Å². The minimum atomic E-state index is 0.0229. The van der Waals surface area contributed by atoms with Gasteiger partial charge in [-0.1, -0.05) is 25.1 Å². The Hall–Kier alpha value is -2.80. The molecule has 1 aromatic heterocycles. The lowest BCUT2D eigenvalue weighted by atomic mass is 10.2. The average molecular weight is 439 g/mol. The summed E-state index contributed by atoms with van der Waals surface area (Å²) in [5, 5.41) is 6.68. The molecule has 2 heterocycles. The van der Waals surface area contributed by atoms with Crippen molar-refractivity contribution in [2.24, 2.45) is 4.99 Å². The van der Waals surface area contributed by atoms with Gasteiger partial charge in [0.15, 0.2) is 5.96 Å². The molecule has 3 rings (SSSR count). The lowest BCUT2D eigenvalue weighted by molar-refractivity contribution is 0.223. The van der Waals surface area contributed by atoms with Crippen LogP contribution in [0.25, 0.3) is 0 Å². The molecule has 0 radical (unpaired) electrons. The number of aliphatic imine (C=N–C) groups is 1. The van der Waals surface area contributed by atoms with Gasteiger partial charge in [-0.2, -0.15) is 0 Å². The van der Waals surface area contributed by atoms with Crippen LogP contribution in [0.3, 0.4) is 0 Å². The van der Waals surface area contributed by atoms with E-state index in [1.54, 1.807) is 0 Å². The zero-order valence-electron chi connectivity index (χ0n) is 20.0. The SMILES string of the molecule is CCNC(=NCc1ccc(N2CCN(CC)CC2)nc1)NCC(C)Oc1cccc(C)c1. The Morgan fingerprint density at radius 3 is 2.59 bits per heavy atom. The van der Waals surface area contributed by atoms with E-state index in [4.69, 9.17) is 9.73 Å². The molecule has 0 aliphatic carbocycles. The fourth-order valence-electron chi connectivity index (χ4n) is 3.71. The summed E-state index contributed by atoms with van der Waals surface area (Å²) in [5.74, 6) is 2.73. The highest BCUT2D eigenvalue weighted by Crippen LogP contribution is 2.15. The van der Waals surface area contributed by atoms with Crippen LogP contribution in [-0.4, -0.2) is 67.8 Å². The van der Waals surface area contributed by atoms with Crippen molar-refractivity contribution < 1.29 is 4.74 Å². The monoisotopic (exact) mass is 438 g/mol. The van der Waals surface area contributed by atoms with Gasteiger partial charge >= 0.3 is 0 Å². The van der Waals surface area contributed by atoms with Gasteiger partial charge in [-0.25, -0.2) is 9.98 Å². The molecule has 1 aromatic carbocycles.